The van der Waals surface area contributed by atoms with Gasteiger partial charge in [0.15, 0.2) is 5.82 Å². The van der Waals surface area contributed by atoms with Crippen LogP contribution in [0.5, 0.6) is 0 Å². The molecule has 1 aliphatic rings. The van der Waals surface area contributed by atoms with Crippen molar-refractivity contribution in [1.82, 2.24) is 25.1 Å². The van der Waals surface area contributed by atoms with Gasteiger partial charge in [0, 0.05) is 39.0 Å². The van der Waals surface area contributed by atoms with E-state index in [4.69, 9.17) is 4.74 Å². The first-order valence-electron chi connectivity index (χ1n) is 10.6. The molecule has 164 valence electrons. The van der Waals surface area contributed by atoms with E-state index in [1.807, 2.05) is 12.1 Å². The number of aromatic nitrogens is 4. The molecule has 0 spiro atoms. The van der Waals surface area contributed by atoms with E-state index in [2.05, 4.69) is 57.4 Å². The maximum absolute atomic E-state index is 13.6. The summed E-state index contributed by atoms with van der Waals surface area (Å²) in [6.07, 6.45) is 0. The third-order valence-electron chi connectivity index (χ3n) is 5.88. The Hall–Kier alpha value is -2.84. The van der Waals surface area contributed by atoms with Crippen LogP contribution in [0.15, 0.2) is 42.5 Å². The average Bonchev–Trinajstić information content (AvgIpc) is 3.24. The van der Waals surface area contributed by atoms with Crippen LogP contribution in [0.2, 0.25) is 0 Å². The molecule has 0 amide bonds. The van der Waals surface area contributed by atoms with Crippen molar-refractivity contribution in [3.05, 3.63) is 70.8 Å². The third-order valence-corrected chi connectivity index (χ3v) is 5.88. The molecule has 0 saturated carbocycles. The molecule has 31 heavy (non-hydrogen) atoms. The Kier molecular flexibility index (Phi) is 6.58. The van der Waals surface area contributed by atoms with E-state index in [0.717, 1.165) is 37.6 Å². The van der Waals surface area contributed by atoms with E-state index in [1.54, 1.807) is 11.8 Å². The highest BCUT2D eigenvalue weighted by Crippen LogP contribution is 2.30. The molecule has 1 saturated heterocycles. The lowest BCUT2D eigenvalue weighted by Gasteiger charge is -2.40. The van der Waals surface area contributed by atoms with Gasteiger partial charge in [-0.25, -0.2) is 9.07 Å². The van der Waals surface area contributed by atoms with Gasteiger partial charge in [0.1, 0.15) is 5.82 Å². The molecule has 0 bridgehead atoms. The topological polar surface area (TPSA) is 59.3 Å². The summed E-state index contributed by atoms with van der Waals surface area (Å²) in [6.45, 7) is 8.89. The summed E-state index contributed by atoms with van der Waals surface area (Å²) in [7, 11) is 1.66. The van der Waals surface area contributed by atoms with Crippen LogP contribution in [-0.2, 0) is 11.3 Å². The van der Waals surface area contributed by atoms with E-state index in [9.17, 15) is 4.39 Å². The molecule has 1 fully saturated rings. The zero-order valence-corrected chi connectivity index (χ0v) is 18.3. The molecule has 7 nitrogen and oxygen atoms in total. The summed E-state index contributed by atoms with van der Waals surface area (Å²) in [5, 5.41) is 12.4. The van der Waals surface area contributed by atoms with Crippen molar-refractivity contribution >= 4 is 5.69 Å². The number of hydrogen-bond acceptors (Lipinski definition) is 6. The summed E-state index contributed by atoms with van der Waals surface area (Å²) in [5.74, 6) is 0.505. The maximum atomic E-state index is 13.6. The van der Waals surface area contributed by atoms with Gasteiger partial charge in [-0.3, -0.25) is 4.90 Å². The minimum Gasteiger partial charge on any atom is -0.383 e. The predicted octanol–water partition coefficient (Wildman–Crippen LogP) is 2.99. The van der Waals surface area contributed by atoms with Crippen molar-refractivity contribution in [2.75, 3.05) is 44.8 Å². The van der Waals surface area contributed by atoms with E-state index >= 15 is 0 Å². The molecule has 2 heterocycles. The van der Waals surface area contributed by atoms with Crippen LogP contribution in [0.25, 0.3) is 0 Å². The molecule has 8 heteroatoms. The molecule has 0 radical (unpaired) electrons. The molecule has 1 atom stereocenters. The summed E-state index contributed by atoms with van der Waals surface area (Å²) in [4.78, 5) is 4.82. The summed E-state index contributed by atoms with van der Waals surface area (Å²) < 4.78 is 20.6. The fourth-order valence-electron chi connectivity index (χ4n) is 4.19. The quantitative estimate of drug-likeness (QED) is 0.581. The number of rotatable bonds is 7. The highest BCUT2D eigenvalue weighted by molar-refractivity contribution is 5.55. The standard InChI is InChI=1S/C23H29FN6O/c1-17-4-5-18(2)21(16-17)28-10-12-29(13-11-28)22(19-6-8-20(24)9-7-19)23-25-26-27-30(23)14-15-31-3/h4-9,16,22H,10-15H2,1-3H3/t22-/m1/s1. The van der Waals surface area contributed by atoms with Crippen LogP contribution in [0, 0.1) is 19.7 Å². The third kappa shape index (κ3) is 4.75. The second kappa shape index (κ2) is 9.53. The zero-order chi connectivity index (χ0) is 21.8. The predicted molar refractivity (Wildman–Crippen MR) is 118 cm³/mol. The average molecular weight is 425 g/mol. The number of piperazine rings is 1. The van der Waals surface area contributed by atoms with Gasteiger partial charge in [0.05, 0.1) is 19.2 Å². The number of ether oxygens (including phenoxy) is 1. The Bertz CT molecular complexity index is 998. The largest absolute Gasteiger partial charge is 0.383 e. The first-order valence-corrected chi connectivity index (χ1v) is 10.6. The minimum absolute atomic E-state index is 0.145. The molecule has 0 unspecified atom stereocenters. The molecule has 3 aromatic rings. The molecule has 0 aliphatic carbocycles. The van der Waals surface area contributed by atoms with Gasteiger partial charge < -0.3 is 9.64 Å². The zero-order valence-electron chi connectivity index (χ0n) is 18.3. The number of benzene rings is 2. The summed E-state index contributed by atoms with van der Waals surface area (Å²) in [6, 6.07) is 13.1. The van der Waals surface area contributed by atoms with E-state index in [1.165, 1.54) is 28.9 Å². The minimum atomic E-state index is -0.249. The van der Waals surface area contributed by atoms with Crippen molar-refractivity contribution in [2.45, 2.75) is 26.4 Å². The summed E-state index contributed by atoms with van der Waals surface area (Å²) in [5.41, 5.74) is 4.83. The first kappa shape index (κ1) is 21.4. The Morgan fingerprint density at radius 2 is 1.77 bits per heavy atom. The van der Waals surface area contributed by atoms with Crippen LogP contribution in [0.4, 0.5) is 10.1 Å². The Balaban J connectivity index is 1.59. The van der Waals surface area contributed by atoms with E-state index < -0.39 is 0 Å². The second-order valence-corrected chi connectivity index (χ2v) is 8.02. The fraction of sp³-hybridized carbons (Fsp3) is 0.435. The second-order valence-electron chi connectivity index (χ2n) is 8.02. The first-order chi connectivity index (χ1) is 15.1. The SMILES string of the molecule is COCCn1nnnc1[C@@H](c1ccc(F)cc1)N1CCN(c2cc(C)ccc2C)CC1. The van der Waals surface area contributed by atoms with E-state index in [0.29, 0.717) is 13.2 Å². The Morgan fingerprint density at radius 1 is 1.03 bits per heavy atom. The van der Waals surface area contributed by atoms with Gasteiger partial charge >= 0.3 is 0 Å². The van der Waals surface area contributed by atoms with Crippen LogP contribution in [-0.4, -0.2) is 65.0 Å². The maximum Gasteiger partial charge on any atom is 0.173 e. The smallest absolute Gasteiger partial charge is 0.173 e. The van der Waals surface area contributed by atoms with E-state index in [-0.39, 0.29) is 11.9 Å². The summed E-state index contributed by atoms with van der Waals surface area (Å²) >= 11 is 0. The Labute approximate surface area is 182 Å². The number of methoxy groups -OCH3 is 1. The van der Waals surface area contributed by atoms with Crippen LogP contribution < -0.4 is 4.90 Å². The molecule has 1 aliphatic heterocycles. The van der Waals surface area contributed by atoms with Gasteiger partial charge in [0.2, 0.25) is 0 Å². The number of halogens is 1. The van der Waals surface area contributed by atoms with Crippen LogP contribution in [0.1, 0.15) is 28.6 Å². The van der Waals surface area contributed by atoms with Crippen LogP contribution in [0.3, 0.4) is 0 Å². The Morgan fingerprint density at radius 3 is 2.48 bits per heavy atom. The highest BCUT2D eigenvalue weighted by Gasteiger charge is 2.31. The van der Waals surface area contributed by atoms with Crippen molar-refractivity contribution in [3.63, 3.8) is 0 Å². The molecular weight excluding hydrogens is 395 g/mol. The molecule has 0 N–H and O–H groups in total. The van der Waals surface area contributed by atoms with Crippen LogP contribution >= 0.6 is 0 Å². The van der Waals surface area contributed by atoms with Crippen molar-refractivity contribution in [1.29, 1.82) is 0 Å². The number of aryl methyl sites for hydroxylation is 2. The molecule has 4 rings (SSSR count). The number of tetrazole rings is 1. The lowest BCUT2D eigenvalue weighted by atomic mass is 10.0. The van der Waals surface area contributed by atoms with Gasteiger partial charge in [-0.2, -0.15) is 0 Å². The van der Waals surface area contributed by atoms with Gasteiger partial charge in [-0.1, -0.05) is 24.3 Å². The number of anilines is 1. The number of nitrogens with zero attached hydrogens (tertiary/aromatic N) is 6. The molecule has 2 aromatic carbocycles. The lowest BCUT2D eigenvalue weighted by molar-refractivity contribution is 0.171. The molecular formula is C23H29FN6O. The fourth-order valence-corrected chi connectivity index (χ4v) is 4.19. The van der Waals surface area contributed by atoms with Gasteiger partial charge in [0.25, 0.3) is 0 Å². The molecule has 1 aromatic heterocycles. The van der Waals surface area contributed by atoms with Crippen molar-refractivity contribution in [2.24, 2.45) is 0 Å². The number of hydrogen-bond donors (Lipinski definition) is 0. The van der Waals surface area contributed by atoms with Crippen molar-refractivity contribution < 1.29 is 9.13 Å². The lowest BCUT2D eigenvalue weighted by Crippen LogP contribution is -2.48. The van der Waals surface area contributed by atoms with Gasteiger partial charge in [-0.15, -0.1) is 5.10 Å². The monoisotopic (exact) mass is 424 g/mol. The highest BCUT2D eigenvalue weighted by atomic mass is 19.1. The van der Waals surface area contributed by atoms with Crippen molar-refractivity contribution in [3.8, 4) is 0 Å². The normalized spacial score (nSPS) is 15.9. The van der Waals surface area contributed by atoms with Gasteiger partial charge in [-0.05, 0) is 59.2 Å².